The third-order valence-corrected chi connectivity index (χ3v) is 3.38. The van der Waals surface area contributed by atoms with Crippen LogP contribution >= 0.6 is 0 Å². The van der Waals surface area contributed by atoms with E-state index in [2.05, 4.69) is 11.4 Å². The number of nitrogens with one attached hydrogen (secondary N) is 1. The van der Waals surface area contributed by atoms with Crippen molar-refractivity contribution in [2.75, 3.05) is 13.1 Å². The monoisotopic (exact) mass is 273 g/mol. The molecule has 2 rings (SSSR count). The first kappa shape index (κ1) is 14.4. The zero-order valence-corrected chi connectivity index (χ0v) is 11.6. The fraction of sp³-hybridized carbons (Fsp3) is 0.467. The van der Waals surface area contributed by atoms with Crippen LogP contribution in [0.2, 0.25) is 0 Å². The molecule has 1 amide bonds. The maximum atomic E-state index is 12.2. The van der Waals surface area contributed by atoms with Gasteiger partial charge in [-0.1, -0.05) is 30.3 Å². The Labute approximate surface area is 119 Å². The molecule has 0 bridgehead atoms. The summed E-state index contributed by atoms with van der Waals surface area (Å²) in [5.41, 5.74) is 0.959. The van der Waals surface area contributed by atoms with Gasteiger partial charge < -0.3 is 15.0 Å². The molecule has 0 unspecified atom stereocenters. The van der Waals surface area contributed by atoms with E-state index >= 15 is 0 Å². The summed E-state index contributed by atoms with van der Waals surface area (Å²) in [7, 11) is 0. The molecule has 0 radical (unpaired) electrons. The van der Waals surface area contributed by atoms with Gasteiger partial charge in [-0.3, -0.25) is 0 Å². The first-order valence-electron chi connectivity index (χ1n) is 6.78. The number of rotatable bonds is 3. The number of piperazine rings is 1. The van der Waals surface area contributed by atoms with Crippen LogP contribution in [0.3, 0.4) is 0 Å². The van der Waals surface area contributed by atoms with E-state index in [-0.39, 0.29) is 24.8 Å². The number of hydrogen-bond donors (Lipinski definition) is 1. The van der Waals surface area contributed by atoms with Crippen LogP contribution < -0.4 is 5.32 Å². The standard InChI is InChI=1S/C15H19N3O2/c1-12-10-18(14(7-8-16)9-17-12)15(19)20-11-13-5-3-2-4-6-13/h2-6,12,14,17H,7,9-11H2,1H3/t12-,14+/m1/s1. The quantitative estimate of drug-likeness (QED) is 0.913. The fourth-order valence-corrected chi connectivity index (χ4v) is 2.27. The molecule has 1 heterocycles. The van der Waals surface area contributed by atoms with Crippen LogP contribution in [0.5, 0.6) is 0 Å². The van der Waals surface area contributed by atoms with Crippen molar-refractivity contribution >= 4 is 6.09 Å². The predicted molar refractivity (Wildman–Crippen MR) is 74.8 cm³/mol. The third-order valence-electron chi connectivity index (χ3n) is 3.38. The lowest BCUT2D eigenvalue weighted by Crippen LogP contribution is -2.57. The Kier molecular flexibility index (Phi) is 4.97. The van der Waals surface area contributed by atoms with Gasteiger partial charge in [-0.25, -0.2) is 4.79 Å². The van der Waals surface area contributed by atoms with Gasteiger partial charge in [0.2, 0.25) is 0 Å². The topological polar surface area (TPSA) is 65.4 Å². The highest BCUT2D eigenvalue weighted by atomic mass is 16.6. The van der Waals surface area contributed by atoms with Crippen LogP contribution in [0, 0.1) is 11.3 Å². The molecule has 0 spiro atoms. The van der Waals surface area contributed by atoms with Crippen LogP contribution in [0.1, 0.15) is 18.9 Å². The second-order valence-electron chi connectivity index (χ2n) is 5.02. The zero-order chi connectivity index (χ0) is 14.4. The Balaban J connectivity index is 1.93. The van der Waals surface area contributed by atoms with Crippen molar-refractivity contribution < 1.29 is 9.53 Å². The number of hydrogen-bond acceptors (Lipinski definition) is 4. The molecule has 2 atom stereocenters. The molecule has 0 aliphatic carbocycles. The van der Waals surface area contributed by atoms with Gasteiger partial charge in [-0.05, 0) is 12.5 Å². The van der Waals surface area contributed by atoms with E-state index in [1.165, 1.54) is 0 Å². The Morgan fingerprint density at radius 3 is 2.95 bits per heavy atom. The molecule has 106 valence electrons. The molecule has 0 saturated carbocycles. The van der Waals surface area contributed by atoms with E-state index in [1.807, 2.05) is 37.3 Å². The predicted octanol–water partition coefficient (Wildman–Crippen LogP) is 1.90. The second-order valence-corrected chi connectivity index (χ2v) is 5.02. The second kappa shape index (κ2) is 6.92. The highest BCUT2D eigenvalue weighted by Crippen LogP contribution is 2.13. The van der Waals surface area contributed by atoms with Gasteiger partial charge in [-0.2, -0.15) is 5.26 Å². The molecule has 5 heteroatoms. The van der Waals surface area contributed by atoms with Crippen molar-refractivity contribution in [3.05, 3.63) is 35.9 Å². The lowest BCUT2D eigenvalue weighted by atomic mass is 10.1. The van der Waals surface area contributed by atoms with Crippen molar-refractivity contribution in [2.45, 2.75) is 32.0 Å². The van der Waals surface area contributed by atoms with Gasteiger partial charge >= 0.3 is 6.09 Å². The number of nitrogens with zero attached hydrogens (tertiary/aromatic N) is 2. The van der Waals surface area contributed by atoms with Gasteiger partial charge in [0.05, 0.1) is 18.5 Å². The van der Waals surface area contributed by atoms with E-state index in [0.29, 0.717) is 19.5 Å². The summed E-state index contributed by atoms with van der Waals surface area (Å²) in [6.07, 6.45) is -0.0254. The SMILES string of the molecule is C[C@@H]1CN(C(=O)OCc2ccccc2)[C@@H](CC#N)CN1. The molecule has 0 aromatic heterocycles. The average molecular weight is 273 g/mol. The van der Waals surface area contributed by atoms with Crippen LogP contribution in [-0.4, -0.2) is 36.2 Å². The number of ether oxygens (including phenoxy) is 1. The Bertz CT molecular complexity index is 484. The summed E-state index contributed by atoms with van der Waals surface area (Å²) in [4.78, 5) is 13.8. The molecule has 1 aliphatic rings. The molecular weight excluding hydrogens is 254 g/mol. The highest BCUT2D eigenvalue weighted by molar-refractivity contribution is 5.68. The molecule has 1 saturated heterocycles. The Morgan fingerprint density at radius 2 is 2.25 bits per heavy atom. The summed E-state index contributed by atoms with van der Waals surface area (Å²) in [6.45, 7) is 3.48. The van der Waals surface area contributed by atoms with Crippen LogP contribution in [0.4, 0.5) is 4.79 Å². The largest absolute Gasteiger partial charge is 0.445 e. The molecule has 1 aliphatic heterocycles. The maximum absolute atomic E-state index is 12.2. The van der Waals surface area contributed by atoms with Crippen LogP contribution in [-0.2, 0) is 11.3 Å². The highest BCUT2D eigenvalue weighted by Gasteiger charge is 2.30. The van der Waals surface area contributed by atoms with Gasteiger partial charge in [0.15, 0.2) is 0 Å². The van der Waals surface area contributed by atoms with E-state index < -0.39 is 0 Å². The van der Waals surface area contributed by atoms with Crippen LogP contribution in [0.25, 0.3) is 0 Å². The first-order valence-corrected chi connectivity index (χ1v) is 6.78. The number of benzene rings is 1. The minimum absolute atomic E-state index is 0.112. The first-order chi connectivity index (χ1) is 9.70. The smallest absolute Gasteiger partial charge is 0.410 e. The molecule has 20 heavy (non-hydrogen) atoms. The lowest BCUT2D eigenvalue weighted by molar-refractivity contribution is 0.0656. The van der Waals surface area contributed by atoms with E-state index in [9.17, 15) is 4.79 Å². The molecule has 1 aromatic carbocycles. The average Bonchev–Trinajstić information content (AvgIpc) is 2.48. The molecule has 5 nitrogen and oxygen atoms in total. The minimum Gasteiger partial charge on any atom is -0.445 e. The summed E-state index contributed by atoms with van der Waals surface area (Å²) < 4.78 is 5.34. The van der Waals surface area contributed by atoms with Gasteiger partial charge in [0.25, 0.3) is 0 Å². The van der Waals surface area contributed by atoms with E-state index in [0.717, 1.165) is 5.56 Å². The normalized spacial score (nSPS) is 22.1. The molecular formula is C15H19N3O2. The number of carbonyl (C=O) groups excluding carboxylic acids is 1. The molecule has 1 fully saturated rings. The van der Waals surface area contributed by atoms with Crippen molar-refractivity contribution in [1.82, 2.24) is 10.2 Å². The van der Waals surface area contributed by atoms with Gasteiger partial charge in [0, 0.05) is 19.1 Å². The number of amides is 1. The molecule has 1 N–H and O–H groups in total. The number of nitriles is 1. The van der Waals surface area contributed by atoms with Crippen molar-refractivity contribution in [1.29, 1.82) is 5.26 Å². The summed E-state index contributed by atoms with van der Waals surface area (Å²) in [5.74, 6) is 0. The van der Waals surface area contributed by atoms with E-state index in [1.54, 1.807) is 4.90 Å². The Morgan fingerprint density at radius 1 is 1.50 bits per heavy atom. The fourth-order valence-electron chi connectivity index (χ4n) is 2.27. The zero-order valence-electron chi connectivity index (χ0n) is 11.6. The number of carbonyl (C=O) groups is 1. The summed E-state index contributed by atoms with van der Waals surface area (Å²) in [6, 6.07) is 11.8. The van der Waals surface area contributed by atoms with Crippen LogP contribution in [0.15, 0.2) is 30.3 Å². The molecule has 1 aromatic rings. The van der Waals surface area contributed by atoms with Gasteiger partial charge in [-0.15, -0.1) is 0 Å². The maximum Gasteiger partial charge on any atom is 0.410 e. The summed E-state index contributed by atoms with van der Waals surface area (Å²) in [5, 5.41) is 12.1. The van der Waals surface area contributed by atoms with Crippen molar-refractivity contribution in [2.24, 2.45) is 0 Å². The minimum atomic E-state index is -0.345. The lowest BCUT2D eigenvalue weighted by Gasteiger charge is -2.37. The Hall–Kier alpha value is -2.06. The summed E-state index contributed by atoms with van der Waals surface area (Å²) >= 11 is 0. The van der Waals surface area contributed by atoms with Crippen molar-refractivity contribution in [3.63, 3.8) is 0 Å². The third kappa shape index (κ3) is 3.72. The van der Waals surface area contributed by atoms with Gasteiger partial charge in [0.1, 0.15) is 6.61 Å². The van der Waals surface area contributed by atoms with Crippen molar-refractivity contribution in [3.8, 4) is 6.07 Å². The van der Waals surface area contributed by atoms with E-state index in [4.69, 9.17) is 10.00 Å².